The van der Waals surface area contributed by atoms with Crippen molar-refractivity contribution < 1.29 is 33.2 Å². The van der Waals surface area contributed by atoms with Gasteiger partial charge < -0.3 is 20.1 Å². The summed E-state index contributed by atoms with van der Waals surface area (Å²) >= 11 is 0. The van der Waals surface area contributed by atoms with E-state index in [1.165, 1.54) is 29.3 Å². The second kappa shape index (κ2) is 8.90. The van der Waals surface area contributed by atoms with Crippen LogP contribution >= 0.6 is 0 Å². The second-order valence-corrected chi connectivity index (χ2v) is 7.36. The van der Waals surface area contributed by atoms with E-state index in [-0.39, 0.29) is 17.1 Å². The molecule has 0 aliphatic carbocycles. The number of aliphatic hydroxyl groups is 1. The van der Waals surface area contributed by atoms with E-state index in [1.54, 1.807) is 5.01 Å². The van der Waals surface area contributed by atoms with Gasteiger partial charge in [-0.2, -0.15) is 0 Å². The Bertz CT molecular complexity index is 1070. The number of hydrogen-bond donors (Lipinski definition) is 1. The van der Waals surface area contributed by atoms with Crippen LogP contribution in [0.5, 0.6) is 5.75 Å². The van der Waals surface area contributed by atoms with Gasteiger partial charge >= 0.3 is 6.36 Å². The number of morpholine rings is 1. The molecule has 3 heterocycles. The monoisotopic (exact) mass is 464 g/mol. The molecule has 0 aromatic heterocycles. The molecule has 3 N–H and O–H groups in total. The molecule has 2 aromatic rings. The van der Waals surface area contributed by atoms with Crippen LogP contribution in [-0.2, 0) is 4.74 Å². The predicted molar refractivity (Wildman–Crippen MR) is 114 cm³/mol. The number of aliphatic imine (C=N–C) groups is 1. The minimum atomic E-state index is -4.78. The lowest BCUT2D eigenvalue weighted by Gasteiger charge is -2.31. The number of anilines is 2. The summed E-state index contributed by atoms with van der Waals surface area (Å²) < 4.78 is 46.7. The number of hydrogen-bond acceptors (Lipinski definition) is 7. The number of ether oxygens (including phenoxy) is 2. The van der Waals surface area contributed by atoms with E-state index in [2.05, 4.69) is 15.2 Å². The van der Waals surface area contributed by atoms with Crippen LogP contribution in [-0.4, -0.2) is 60.4 Å². The Hall–Kier alpha value is -3.32. The Morgan fingerprint density at radius 2 is 1.70 bits per heavy atom. The van der Waals surface area contributed by atoms with Gasteiger partial charge in [-0.25, -0.2) is 15.0 Å². The zero-order valence-electron chi connectivity index (χ0n) is 17.3. The molecule has 1 fully saturated rings. The molecule has 0 amide bonds. The van der Waals surface area contributed by atoms with Crippen molar-refractivity contribution in [3.8, 4) is 5.75 Å². The predicted octanol–water partition coefficient (Wildman–Crippen LogP) is 2.67. The van der Waals surface area contributed by atoms with Crippen molar-refractivity contribution in [3.63, 3.8) is 0 Å². The molecule has 33 heavy (non-hydrogen) atoms. The van der Waals surface area contributed by atoms with Gasteiger partial charge in [-0.05, 0) is 41.9 Å². The van der Waals surface area contributed by atoms with Crippen molar-refractivity contribution in [3.05, 3.63) is 60.1 Å². The molecule has 175 valence electrons. The molecular weight excluding hydrogens is 443 g/mol. The van der Waals surface area contributed by atoms with Crippen molar-refractivity contribution in [2.75, 3.05) is 42.9 Å². The molecule has 3 aliphatic heterocycles. The Kier molecular flexibility index (Phi) is 6.17. The number of nitrogens with zero attached hydrogens (tertiary/aromatic N) is 5. The molecule has 1 radical (unpaired) electrons. The summed E-state index contributed by atoms with van der Waals surface area (Å²) in [6, 6.07) is 12.5. The Morgan fingerprint density at radius 1 is 1.00 bits per heavy atom. The highest BCUT2D eigenvalue weighted by Gasteiger charge is 2.40. The first-order chi connectivity index (χ1) is 15.4. The Balaban J connectivity index is 0.00000259. The van der Waals surface area contributed by atoms with Crippen LogP contribution in [0.2, 0.25) is 0 Å². The van der Waals surface area contributed by atoms with Gasteiger partial charge in [0.25, 0.3) is 0 Å². The summed E-state index contributed by atoms with van der Waals surface area (Å²) in [6.45, 7) is 3.24. The minimum absolute atomic E-state index is 0. The fraction of sp³-hybridized carbons (Fsp3) is 0.286. The van der Waals surface area contributed by atoms with E-state index < -0.39 is 6.36 Å². The fourth-order valence-corrected chi connectivity index (χ4v) is 3.77. The summed E-state index contributed by atoms with van der Waals surface area (Å²) in [4.78, 5) is 6.94. The SMILES string of the molecule is O.OC1=C2C(CN3CCOCC3)=Nc3ccccc3N2[N]N1c1ccc(OC(F)(F)F)cc1. The summed E-state index contributed by atoms with van der Waals surface area (Å²) in [7, 11) is 0. The quantitative estimate of drug-likeness (QED) is 0.746. The highest BCUT2D eigenvalue weighted by Crippen LogP contribution is 2.40. The van der Waals surface area contributed by atoms with Crippen molar-refractivity contribution in [1.82, 2.24) is 10.4 Å². The number of aliphatic hydroxyl groups excluding tert-OH is 1. The van der Waals surface area contributed by atoms with Crippen molar-refractivity contribution in [2.24, 2.45) is 4.99 Å². The van der Waals surface area contributed by atoms with Crippen LogP contribution in [0.4, 0.5) is 30.2 Å². The molecule has 3 aliphatic rings. The first-order valence-electron chi connectivity index (χ1n) is 9.97. The molecule has 2 aromatic carbocycles. The summed E-state index contributed by atoms with van der Waals surface area (Å²) in [6.07, 6.45) is -4.78. The number of halogens is 3. The molecule has 0 bridgehead atoms. The number of para-hydroxylation sites is 2. The third kappa shape index (κ3) is 4.59. The second-order valence-electron chi connectivity index (χ2n) is 7.36. The zero-order chi connectivity index (χ0) is 22.3. The Labute approximate surface area is 187 Å². The van der Waals surface area contributed by atoms with Crippen LogP contribution in [0, 0.1) is 0 Å². The van der Waals surface area contributed by atoms with Gasteiger partial charge in [-0.1, -0.05) is 12.1 Å². The molecule has 1 saturated heterocycles. The van der Waals surface area contributed by atoms with E-state index >= 15 is 0 Å². The zero-order valence-corrected chi connectivity index (χ0v) is 17.3. The molecule has 0 saturated carbocycles. The van der Waals surface area contributed by atoms with Gasteiger partial charge in [-0.3, -0.25) is 4.90 Å². The van der Waals surface area contributed by atoms with Crippen molar-refractivity contribution in [1.29, 1.82) is 0 Å². The van der Waals surface area contributed by atoms with Crippen LogP contribution < -0.4 is 20.3 Å². The lowest BCUT2D eigenvalue weighted by Crippen LogP contribution is -2.43. The van der Waals surface area contributed by atoms with Crippen molar-refractivity contribution >= 4 is 22.8 Å². The third-order valence-electron chi connectivity index (χ3n) is 5.23. The number of rotatable bonds is 4. The van der Waals surface area contributed by atoms with Crippen LogP contribution in [0.25, 0.3) is 0 Å². The molecular formula is C21H21F3N5O4. The molecule has 9 nitrogen and oxygen atoms in total. The molecule has 0 unspecified atom stereocenters. The Morgan fingerprint density at radius 3 is 2.39 bits per heavy atom. The smallest absolute Gasteiger partial charge is 0.492 e. The lowest BCUT2D eigenvalue weighted by molar-refractivity contribution is -0.274. The first kappa shape index (κ1) is 22.9. The highest BCUT2D eigenvalue weighted by atomic mass is 19.4. The number of benzene rings is 2. The average Bonchev–Trinajstić information content (AvgIpc) is 3.12. The van der Waals surface area contributed by atoms with E-state index in [1.807, 2.05) is 24.3 Å². The molecule has 0 atom stereocenters. The third-order valence-corrected chi connectivity index (χ3v) is 5.23. The van der Waals surface area contributed by atoms with Gasteiger partial charge in [0.15, 0.2) is 0 Å². The minimum Gasteiger partial charge on any atom is -0.492 e. The maximum absolute atomic E-state index is 12.5. The van der Waals surface area contributed by atoms with Gasteiger partial charge in [0.2, 0.25) is 5.88 Å². The van der Waals surface area contributed by atoms with Crippen molar-refractivity contribution in [2.45, 2.75) is 6.36 Å². The molecule has 0 spiro atoms. The van der Waals surface area contributed by atoms with E-state index in [0.717, 1.165) is 13.1 Å². The van der Waals surface area contributed by atoms with Gasteiger partial charge in [0.1, 0.15) is 11.4 Å². The van der Waals surface area contributed by atoms with Crippen LogP contribution in [0.15, 0.2) is 65.1 Å². The maximum atomic E-state index is 12.5. The van der Waals surface area contributed by atoms with Gasteiger partial charge in [0, 0.05) is 19.6 Å². The van der Waals surface area contributed by atoms with Gasteiger partial charge in [-0.15, -0.1) is 13.2 Å². The van der Waals surface area contributed by atoms with Crippen LogP contribution in [0.1, 0.15) is 0 Å². The number of fused-ring (bicyclic) bond motifs is 3. The number of alkyl halides is 3. The van der Waals surface area contributed by atoms with Crippen LogP contribution in [0.3, 0.4) is 0 Å². The summed E-state index contributed by atoms with van der Waals surface area (Å²) in [5, 5.41) is 13.9. The first-order valence-corrected chi connectivity index (χ1v) is 9.97. The largest absolute Gasteiger partial charge is 0.573 e. The average molecular weight is 464 g/mol. The van der Waals surface area contributed by atoms with E-state index in [9.17, 15) is 18.3 Å². The normalized spacial score (nSPS) is 18.5. The highest BCUT2D eigenvalue weighted by molar-refractivity contribution is 6.10. The maximum Gasteiger partial charge on any atom is 0.573 e. The molecule has 12 heteroatoms. The van der Waals surface area contributed by atoms with E-state index in [4.69, 9.17) is 9.73 Å². The van der Waals surface area contributed by atoms with E-state index in [0.29, 0.717) is 48.2 Å². The van der Waals surface area contributed by atoms with Gasteiger partial charge in [0.05, 0.1) is 36.0 Å². The topological polar surface area (TPSA) is 106 Å². The molecule has 5 rings (SSSR count). The standard InChI is InChI=1S/C21H19F3N5O3.H2O/c22-21(23,24)32-15-7-5-14(6-8-15)28-20(30)19-17(13-27-9-11-31-12-10-27)25-16-3-1-2-4-18(16)29(19)26-28;/h1-8,30H,9-13H2;1H2. The summed E-state index contributed by atoms with van der Waals surface area (Å²) in [5.41, 5.74) is 7.37. The fourth-order valence-electron chi connectivity index (χ4n) is 3.77. The summed E-state index contributed by atoms with van der Waals surface area (Å²) in [5.74, 6) is -0.513. The lowest BCUT2D eigenvalue weighted by atomic mass is 10.1.